The van der Waals surface area contributed by atoms with Gasteiger partial charge in [-0.15, -0.1) is 0 Å². The Morgan fingerprint density at radius 3 is 2.60 bits per heavy atom. The normalized spacial score (nSPS) is 10.7. The fraction of sp³-hybridized carbons (Fsp3) is 0.438. The number of carbonyl (C=O) groups excluding carboxylic acids is 1. The number of rotatable bonds is 4. The monoisotopic (exact) mass is 276 g/mol. The standard InChI is InChI=1S/C16H21FN2O/c1-4-16(3,5-2)19-15(20)13-11-12(7-6-10-18)8-9-14(13)17/h8-9,11H,4-5,10,18H2,1-3H3,(H,19,20). The highest BCUT2D eigenvalue weighted by Crippen LogP contribution is 2.16. The molecule has 0 heterocycles. The van der Waals surface area contributed by atoms with E-state index >= 15 is 0 Å². The number of nitrogens with two attached hydrogens (primary N) is 1. The van der Waals surface area contributed by atoms with Crippen molar-refractivity contribution in [3.8, 4) is 11.8 Å². The molecule has 4 heteroatoms. The van der Waals surface area contributed by atoms with Crippen molar-refractivity contribution >= 4 is 5.91 Å². The number of nitrogens with one attached hydrogen (secondary N) is 1. The van der Waals surface area contributed by atoms with Crippen LogP contribution in [0.3, 0.4) is 0 Å². The van der Waals surface area contributed by atoms with E-state index in [2.05, 4.69) is 17.2 Å². The van der Waals surface area contributed by atoms with Crippen molar-refractivity contribution in [3.63, 3.8) is 0 Å². The molecule has 20 heavy (non-hydrogen) atoms. The van der Waals surface area contributed by atoms with E-state index in [0.29, 0.717) is 5.56 Å². The lowest BCUT2D eigenvalue weighted by Gasteiger charge is -2.28. The average Bonchev–Trinajstić information content (AvgIpc) is 2.46. The van der Waals surface area contributed by atoms with Gasteiger partial charge in [-0.2, -0.15) is 0 Å². The second kappa shape index (κ2) is 7.06. The van der Waals surface area contributed by atoms with E-state index in [0.717, 1.165) is 12.8 Å². The van der Waals surface area contributed by atoms with Gasteiger partial charge in [0.25, 0.3) is 5.91 Å². The van der Waals surface area contributed by atoms with Crippen LogP contribution in [0.15, 0.2) is 18.2 Å². The van der Waals surface area contributed by atoms with Crippen LogP contribution in [0.1, 0.15) is 49.5 Å². The van der Waals surface area contributed by atoms with Gasteiger partial charge in [-0.3, -0.25) is 4.79 Å². The van der Waals surface area contributed by atoms with Gasteiger partial charge in [0.15, 0.2) is 0 Å². The number of carbonyl (C=O) groups is 1. The van der Waals surface area contributed by atoms with Gasteiger partial charge in [-0.25, -0.2) is 4.39 Å². The molecule has 108 valence electrons. The van der Waals surface area contributed by atoms with E-state index in [4.69, 9.17) is 5.73 Å². The third kappa shape index (κ3) is 4.07. The molecule has 0 aromatic heterocycles. The van der Waals surface area contributed by atoms with Crippen molar-refractivity contribution < 1.29 is 9.18 Å². The Bertz CT molecular complexity index is 539. The highest BCUT2D eigenvalue weighted by molar-refractivity contribution is 5.95. The zero-order chi connectivity index (χ0) is 15.2. The highest BCUT2D eigenvalue weighted by Gasteiger charge is 2.24. The van der Waals surface area contributed by atoms with E-state index in [9.17, 15) is 9.18 Å². The molecule has 0 unspecified atom stereocenters. The van der Waals surface area contributed by atoms with Crippen molar-refractivity contribution in [2.75, 3.05) is 6.54 Å². The number of halogens is 1. The SMILES string of the molecule is CCC(C)(CC)NC(=O)c1cc(C#CCN)ccc1F. The average molecular weight is 276 g/mol. The van der Waals surface area contributed by atoms with E-state index in [1.54, 1.807) is 0 Å². The molecule has 1 aromatic rings. The molecule has 3 nitrogen and oxygen atoms in total. The van der Waals surface area contributed by atoms with Gasteiger partial charge in [0.1, 0.15) is 5.82 Å². The van der Waals surface area contributed by atoms with Gasteiger partial charge in [0.2, 0.25) is 0 Å². The molecule has 0 atom stereocenters. The summed E-state index contributed by atoms with van der Waals surface area (Å²) < 4.78 is 13.8. The van der Waals surface area contributed by atoms with Crippen molar-refractivity contribution in [2.24, 2.45) is 5.73 Å². The lowest BCUT2D eigenvalue weighted by atomic mass is 9.95. The minimum absolute atomic E-state index is 0.0157. The van der Waals surface area contributed by atoms with Crippen LogP contribution in [0.25, 0.3) is 0 Å². The van der Waals surface area contributed by atoms with Gasteiger partial charge in [0.05, 0.1) is 12.1 Å². The van der Waals surface area contributed by atoms with Crippen LogP contribution >= 0.6 is 0 Å². The molecular weight excluding hydrogens is 255 g/mol. The highest BCUT2D eigenvalue weighted by atomic mass is 19.1. The Hall–Kier alpha value is -1.86. The van der Waals surface area contributed by atoms with Gasteiger partial charge in [-0.05, 0) is 38.0 Å². The molecule has 1 amide bonds. The Labute approximate surface area is 119 Å². The summed E-state index contributed by atoms with van der Waals surface area (Å²) in [6, 6.07) is 4.25. The van der Waals surface area contributed by atoms with Crippen LogP contribution in [-0.2, 0) is 0 Å². The first-order valence-corrected chi connectivity index (χ1v) is 6.76. The van der Waals surface area contributed by atoms with E-state index in [1.807, 2.05) is 20.8 Å². The number of amides is 1. The molecule has 0 spiro atoms. The molecule has 0 aliphatic heterocycles. The van der Waals surface area contributed by atoms with E-state index < -0.39 is 11.7 Å². The lowest BCUT2D eigenvalue weighted by Crippen LogP contribution is -2.45. The maximum Gasteiger partial charge on any atom is 0.254 e. The molecule has 0 saturated carbocycles. The van der Waals surface area contributed by atoms with E-state index in [-0.39, 0.29) is 17.6 Å². The predicted molar refractivity (Wildman–Crippen MR) is 78.8 cm³/mol. The predicted octanol–water partition coefficient (Wildman–Crippen LogP) is 2.44. The summed E-state index contributed by atoms with van der Waals surface area (Å²) in [6.07, 6.45) is 1.56. The van der Waals surface area contributed by atoms with Crippen LogP contribution in [0.4, 0.5) is 4.39 Å². The Balaban J connectivity index is 3.03. The van der Waals surface area contributed by atoms with Crippen LogP contribution in [0, 0.1) is 17.7 Å². The summed E-state index contributed by atoms with van der Waals surface area (Å²) >= 11 is 0. The zero-order valence-electron chi connectivity index (χ0n) is 12.2. The summed E-state index contributed by atoms with van der Waals surface area (Å²) in [5.74, 6) is 4.52. The topological polar surface area (TPSA) is 55.1 Å². The second-order valence-electron chi connectivity index (χ2n) is 4.92. The molecule has 1 rings (SSSR count). The maximum atomic E-state index is 13.8. The molecule has 0 saturated heterocycles. The molecule has 0 aliphatic carbocycles. The summed E-state index contributed by atoms with van der Waals surface area (Å²) in [4.78, 5) is 12.2. The smallest absolute Gasteiger partial charge is 0.254 e. The van der Waals surface area contributed by atoms with Crippen molar-refractivity contribution in [1.82, 2.24) is 5.32 Å². The molecular formula is C16H21FN2O. The summed E-state index contributed by atoms with van der Waals surface area (Å²) in [7, 11) is 0. The minimum Gasteiger partial charge on any atom is -0.347 e. The molecule has 0 aliphatic rings. The Morgan fingerprint density at radius 1 is 1.40 bits per heavy atom. The fourth-order valence-electron chi connectivity index (χ4n) is 1.70. The van der Waals surface area contributed by atoms with E-state index in [1.165, 1.54) is 18.2 Å². The quantitative estimate of drug-likeness (QED) is 0.830. The third-order valence-electron chi connectivity index (χ3n) is 3.52. The molecule has 1 aromatic carbocycles. The van der Waals surface area contributed by atoms with Crippen LogP contribution in [0.5, 0.6) is 0 Å². The van der Waals surface area contributed by atoms with Crippen molar-refractivity contribution in [3.05, 3.63) is 35.1 Å². The number of benzene rings is 1. The maximum absolute atomic E-state index is 13.8. The zero-order valence-corrected chi connectivity index (χ0v) is 12.2. The van der Waals surface area contributed by atoms with Crippen LogP contribution in [0.2, 0.25) is 0 Å². The van der Waals surface area contributed by atoms with Gasteiger partial charge in [-0.1, -0.05) is 25.7 Å². The largest absolute Gasteiger partial charge is 0.347 e. The van der Waals surface area contributed by atoms with Gasteiger partial charge >= 0.3 is 0 Å². The molecule has 0 bridgehead atoms. The first kappa shape index (κ1) is 16.2. The summed E-state index contributed by atoms with van der Waals surface area (Å²) in [5.41, 5.74) is 5.56. The van der Waals surface area contributed by atoms with Crippen LogP contribution < -0.4 is 11.1 Å². The number of hydrogen-bond donors (Lipinski definition) is 2. The van der Waals surface area contributed by atoms with Crippen LogP contribution in [-0.4, -0.2) is 18.0 Å². The lowest BCUT2D eigenvalue weighted by molar-refractivity contribution is 0.0897. The van der Waals surface area contributed by atoms with Gasteiger partial charge < -0.3 is 11.1 Å². The Morgan fingerprint density at radius 2 is 2.05 bits per heavy atom. The molecule has 3 N–H and O–H groups in total. The molecule has 0 radical (unpaired) electrons. The minimum atomic E-state index is -0.546. The third-order valence-corrected chi connectivity index (χ3v) is 3.52. The van der Waals surface area contributed by atoms with Crippen molar-refractivity contribution in [1.29, 1.82) is 0 Å². The van der Waals surface area contributed by atoms with Gasteiger partial charge in [0, 0.05) is 11.1 Å². The first-order valence-electron chi connectivity index (χ1n) is 6.76. The summed E-state index contributed by atoms with van der Waals surface area (Å²) in [5, 5.41) is 2.88. The second-order valence-corrected chi connectivity index (χ2v) is 4.92. The molecule has 0 fully saturated rings. The first-order chi connectivity index (χ1) is 9.45. The summed E-state index contributed by atoms with van der Waals surface area (Å²) in [6.45, 7) is 6.15. The fourth-order valence-corrected chi connectivity index (χ4v) is 1.70. The Kier molecular flexibility index (Phi) is 5.72. The number of hydrogen-bond acceptors (Lipinski definition) is 2. The van der Waals surface area contributed by atoms with Crippen molar-refractivity contribution in [2.45, 2.75) is 39.2 Å².